The highest BCUT2D eigenvalue weighted by Crippen LogP contribution is 2.41. The average molecular weight is 317 g/mol. The van der Waals surface area contributed by atoms with Crippen LogP contribution in [0.5, 0.6) is 0 Å². The van der Waals surface area contributed by atoms with Crippen LogP contribution in [0.2, 0.25) is 0 Å². The Balaban J connectivity index is 2.20. The van der Waals surface area contributed by atoms with Crippen molar-refractivity contribution in [2.75, 3.05) is 11.9 Å². The lowest BCUT2D eigenvalue weighted by atomic mass is 9.70. The summed E-state index contributed by atoms with van der Waals surface area (Å²) in [7, 11) is 0. The maximum Gasteiger partial charge on any atom is 0.293 e. The fourth-order valence-electron chi connectivity index (χ4n) is 2.09. The van der Waals surface area contributed by atoms with Crippen LogP contribution in [0.4, 0.5) is 15.8 Å². The van der Waals surface area contributed by atoms with E-state index in [1.165, 1.54) is 18.6 Å². The Labute approximate surface area is 113 Å². The molecule has 1 fully saturated rings. The van der Waals surface area contributed by atoms with Crippen molar-refractivity contribution in [2.24, 2.45) is 5.41 Å². The molecule has 0 bridgehead atoms. The van der Waals surface area contributed by atoms with Crippen LogP contribution in [0.15, 0.2) is 16.6 Å². The van der Waals surface area contributed by atoms with E-state index in [0.29, 0.717) is 6.54 Å². The number of nitrogens with zero attached hydrogens (tertiary/aromatic N) is 1. The van der Waals surface area contributed by atoms with Gasteiger partial charge >= 0.3 is 0 Å². The van der Waals surface area contributed by atoms with Gasteiger partial charge in [-0.25, -0.2) is 4.39 Å². The Morgan fingerprint density at radius 1 is 1.56 bits per heavy atom. The van der Waals surface area contributed by atoms with Crippen LogP contribution in [0.1, 0.15) is 26.2 Å². The highest BCUT2D eigenvalue weighted by atomic mass is 79.9. The standard InChI is InChI=1S/C12H14BrFN2O2/c1-12(3-2-4-12)7-15-10-6-9(14)8(13)5-11(10)16(17)18/h5-6,15H,2-4,7H2,1H3. The van der Waals surface area contributed by atoms with E-state index < -0.39 is 10.7 Å². The summed E-state index contributed by atoms with van der Waals surface area (Å²) in [4.78, 5) is 10.4. The van der Waals surface area contributed by atoms with Crippen molar-refractivity contribution in [1.29, 1.82) is 0 Å². The maximum atomic E-state index is 13.4. The first-order valence-corrected chi connectivity index (χ1v) is 6.58. The summed E-state index contributed by atoms with van der Waals surface area (Å²) < 4.78 is 13.5. The smallest absolute Gasteiger partial charge is 0.293 e. The van der Waals surface area contributed by atoms with Crippen molar-refractivity contribution in [3.8, 4) is 0 Å². The number of nitrogens with one attached hydrogen (secondary N) is 1. The monoisotopic (exact) mass is 316 g/mol. The molecule has 1 N–H and O–H groups in total. The molecular weight excluding hydrogens is 303 g/mol. The molecule has 0 aliphatic heterocycles. The van der Waals surface area contributed by atoms with E-state index in [-0.39, 0.29) is 21.3 Å². The van der Waals surface area contributed by atoms with E-state index >= 15 is 0 Å². The van der Waals surface area contributed by atoms with E-state index in [1.54, 1.807) is 0 Å². The fraction of sp³-hybridized carbons (Fsp3) is 0.500. The van der Waals surface area contributed by atoms with E-state index in [2.05, 4.69) is 28.2 Å². The lowest BCUT2D eigenvalue weighted by Gasteiger charge is -2.38. The highest BCUT2D eigenvalue weighted by molar-refractivity contribution is 9.10. The second kappa shape index (κ2) is 4.84. The van der Waals surface area contributed by atoms with Gasteiger partial charge in [-0.05, 0) is 34.2 Å². The molecule has 1 aromatic carbocycles. The Bertz CT molecular complexity index is 489. The van der Waals surface area contributed by atoms with Crippen LogP contribution in [-0.2, 0) is 0 Å². The Morgan fingerprint density at radius 3 is 2.72 bits per heavy atom. The van der Waals surface area contributed by atoms with Crippen molar-refractivity contribution < 1.29 is 9.31 Å². The lowest BCUT2D eigenvalue weighted by Crippen LogP contribution is -2.33. The van der Waals surface area contributed by atoms with Crippen LogP contribution >= 0.6 is 15.9 Å². The number of nitro groups is 1. The number of halogens is 2. The average Bonchev–Trinajstić information content (AvgIpc) is 2.27. The SMILES string of the molecule is CC1(CNc2cc(F)c(Br)cc2[N+](=O)[O-])CCC1. The molecular formula is C12H14BrFN2O2. The van der Waals surface area contributed by atoms with E-state index in [0.717, 1.165) is 12.8 Å². The molecule has 0 radical (unpaired) electrons. The molecule has 6 heteroatoms. The summed E-state index contributed by atoms with van der Waals surface area (Å²) in [6.45, 7) is 2.76. The van der Waals surface area contributed by atoms with Gasteiger partial charge in [-0.2, -0.15) is 0 Å². The minimum absolute atomic E-state index is 0.105. The number of hydrogen-bond acceptors (Lipinski definition) is 3. The third kappa shape index (κ3) is 2.63. The number of benzene rings is 1. The van der Waals surface area contributed by atoms with Crippen molar-refractivity contribution in [3.63, 3.8) is 0 Å². The fourth-order valence-corrected chi connectivity index (χ4v) is 2.43. The molecule has 0 unspecified atom stereocenters. The van der Waals surface area contributed by atoms with Crippen LogP contribution in [-0.4, -0.2) is 11.5 Å². The molecule has 0 amide bonds. The zero-order valence-electron chi connectivity index (χ0n) is 10.0. The van der Waals surface area contributed by atoms with Crippen LogP contribution < -0.4 is 5.32 Å². The maximum absolute atomic E-state index is 13.4. The predicted molar refractivity (Wildman–Crippen MR) is 71.2 cm³/mol. The molecule has 1 aromatic rings. The summed E-state index contributed by atoms with van der Waals surface area (Å²) in [5.41, 5.74) is 0.317. The first-order chi connectivity index (χ1) is 8.41. The predicted octanol–water partition coefficient (Wildman–Crippen LogP) is 4.10. The number of rotatable bonds is 4. The highest BCUT2D eigenvalue weighted by Gasteiger charge is 2.32. The van der Waals surface area contributed by atoms with Crippen molar-refractivity contribution in [2.45, 2.75) is 26.2 Å². The number of nitro benzene ring substituents is 1. The van der Waals surface area contributed by atoms with Crippen molar-refractivity contribution in [1.82, 2.24) is 0 Å². The van der Waals surface area contributed by atoms with Gasteiger partial charge in [-0.3, -0.25) is 10.1 Å². The molecule has 1 aliphatic rings. The van der Waals surface area contributed by atoms with Gasteiger partial charge in [0, 0.05) is 18.7 Å². The topological polar surface area (TPSA) is 55.2 Å². The number of anilines is 1. The van der Waals surface area contributed by atoms with Gasteiger partial charge in [-0.1, -0.05) is 13.3 Å². The van der Waals surface area contributed by atoms with Crippen molar-refractivity contribution in [3.05, 3.63) is 32.5 Å². The molecule has 0 aromatic heterocycles. The molecule has 2 rings (SSSR count). The van der Waals surface area contributed by atoms with Gasteiger partial charge in [0.2, 0.25) is 0 Å². The van der Waals surface area contributed by atoms with E-state index in [4.69, 9.17) is 0 Å². The largest absolute Gasteiger partial charge is 0.379 e. The minimum atomic E-state index is -0.504. The van der Waals surface area contributed by atoms with Gasteiger partial charge in [0.1, 0.15) is 11.5 Å². The molecule has 1 aliphatic carbocycles. The molecule has 0 atom stereocenters. The van der Waals surface area contributed by atoms with Gasteiger partial charge in [0.25, 0.3) is 5.69 Å². The molecule has 4 nitrogen and oxygen atoms in total. The molecule has 0 heterocycles. The summed E-state index contributed by atoms with van der Waals surface area (Å²) >= 11 is 2.96. The molecule has 1 saturated carbocycles. The Hall–Kier alpha value is -1.17. The van der Waals surface area contributed by atoms with Gasteiger partial charge < -0.3 is 5.32 Å². The third-order valence-corrected chi connectivity index (χ3v) is 4.11. The van der Waals surface area contributed by atoms with Crippen LogP contribution in [0, 0.1) is 21.3 Å². The van der Waals surface area contributed by atoms with Gasteiger partial charge in [0.05, 0.1) is 9.40 Å². The van der Waals surface area contributed by atoms with Crippen LogP contribution in [0.3, 0.4) is 0 Å². The summed E-state index contributed by atoms with van der Waals surface area (Å²) in [6, 6.07) is 2.37. The zero-order chi connectivity index (χ0) is 13.3. The first-order valence-electron chi connectivity index (χ1n) is 5.79. The Morgan fingerprint density at radius 2 is 2.22 bits per heavy atom. The second-order valence-electron chi connectivity index (χ2n) is 5.06. The second-order valence-corrected chi connectivity index (χ2v) is 5.91. The summed E-state index contributed by atoms with van der Waals surface area (Å²) in [6.07, 6.45) is 3.40. The van der Waals surface area contributed by atoms with Crippen molar-refractivity contribution >= 4 is 27.3 Å². The normalized spacial score (nSPS) is 17.1. The lowest BCUT2D eigenvalue weighted by molar-refractivity contribution is -0.384. The van der Waals surface area contributed by atoms with Gasteiger partial charge in [-0.15, -0.1) is 0 Å². The van der Waals surface area contributed by atoms with E-state index in [9.17, 15) is 14.5 Å². The van der Waals surface area contributed by atoms with E-state index in [1.807, 2.05) is 0 Å². The quantitative estimate of drug-likeness (QED) is 0.672. The third-order valence-electron chi connectivity index (χ3n) is 3.50. The zero-order valence-corrected chi connectivity index (χ0v) is 11.6. The molecule has 0 saturated heterocycles. The Kier molecular flexibility index (Phi) is 3.56. The minimum Gasteiger partial charge on any atom is -0.379 e. The molecule has 0 spiro atoms. The summed E-state index contributed by atoms with van der Waals surface area (Å²) in [5.74, 6) is -0.498. The molecule has 98 valence electrons. The first kappa shape index (κ1) is 13.3. The molecule has 18 heavy (non-hydrogen) atoms. The van der Waals surface area contributed by atoms with Gasteiger partial charge in [0.15, 0.2) is 0 Å². The van der Waals surface area contributed by atoms with Crippen LogP contribution in [0.25, 0.3) is 0 Å². The summed E-state index contributed by atoms with van der Waals surface area (Å²) in [5, 5.41) is 13.9. The number of hydrogen-bond donors (Lipinski definition) is 1.